The van der Waals surface area contributed by atoms with E-state index in [0.29, 0.717) is 18.0 Å². The summed E-state index contributed by atoms with van der Waals surface area (Å²) in [4.78, 5) is 6.10. The predicted molar refractivity (Wildman–Crippen MR) is 48.4 cm³/mol. The first-order valence-corrected chi connectivity index (χ1v) is 4.25. The van der Waals surface area contributed by atoms with Crippen LogP contribution in [-0.4, -0.2) is 41.5 Å². The SMILES string of the molecule is COC1CCN(c2n[nH]c(N)n2)C1. The van der Waals surface area contributed by atoms with Crippen molar-refractivity contribution in [1.82, 2.24) is 15.2 Å². The van der Waals surface area contributed by atoms with Crippen LogP contribution in [0.2, 0.25) is 0 Å². The van der Waals surface area contributed by atoms with E-state index in [1.165, 1.54) is 0 Å². The van der Waals surface area contributed by atoms with Crippen LogP contribution >= 0.6 is 0 Å². The fraction of sp³-hybridized carbons (Fsp3) is 0.714. The standard InChI is InChI=1S/C7H13N5O/c1-13-5-2-3-12(4-5)7-9-6(8)10-11-7/h5H,2-4H2,1H3,(H3,8,9,10,11). The molecule has 0 aromatic carbocycles. The number of H-pyrrole nitrogens is 1. The van der Waals surface area contributed by atoms with Crippen LogP contribution in [0.5, 0.6) is 0 Å². The van der Waals surface area contributed by atoms with Crippen molar-refractivity contribution in [3.63, 3.8) is 0 Å². The molecule has 1 aliphatic heterocycles. The van der Waals surface area contributed by atoms with E-state index >= 15 is 0 Å². The zero-order chi connectivity index (χ0) is 9.26. The van der Waals surface area contributed by atoms with Crippen LogP contribution in [0, 0.1) is 0 Å². The van der Waals surface area contributed by atoms with Gasteiger partial charge in [-0.1, -0.05) is 0 Å². The molecule has 1 aromatic heterocycles. The number of nitrogens with one attached hydrogen (secondary N) is 1. The number of nitrogens with zero attached hydrogens (tertiary/aromatic N) is 3. The van der Waals surface area contributed by atoms with Gasteiger partial charge in [-0.2, -0.15) is 4.98 Å². The van der Waals surface area contributed by atoms with E-state index in [-0.39, 0.29) is 0 Å². The van der Waals surface area contributed by atoms with Gasteiger partial charge >= 0.3 is 0 Å². The third-order valence-corrected chi connectivity index (χ3v) is 2.25. The summed E-state index contributed by atoms with van der Waals surface area (Å²) in [6.07, 6.45) is 1.31. The molecular formula is C7H13N5O. The molecule has 3 N–H and O–H groups in total. The van der Waals surface area contributed by atoms with Crippen molar-refractivity contribution in [2.75, 3.05) is 30.8 Å². The fourth-order valence-corrected chi connectivity index (χ4v) is 1.51. The molecule has 1 aliphatic rings. The van der Waals surface area contributed by atoms with Crippen molar-refractivity contribution in [3.05, 3.63) is 0 Å². The number of rotatable bonds is 2. The van der Waals surface area contributed by atoms with Gasteiger partial charge in [-0.3, -0.25) is 0 Å². The van der Waals surface area contributed by atoms with Crippen LogP contribution < -0.4 is 10.6 Å². The molecule has 0 bridgehead atoms. The van der Waals surface area contributed by atoms with Gasteiger partial charge < -0.3 is 15.4 Å². The van der Waals surface area contributed by atoms with Crippen molar-refractivity contribution < 1.29 is 4.74 Å². The summed E-state index contributed by atoms with van der Waals surface area (Å²) in [5, 5.41) is 6.59. The molecular weight excluding hydrogens is 170 g/mol. The van der Waals surface area contributed by atoms with Gasteiger partial charge in [0.1, 0.15) is 0 Å². The molecule has 1 fully saturated rings. The van der Waals surface area contributed by atoms with Crippen molar-refractivity contribution in [2.45, 2.75) is 12.5 Å². The number of anilines is 2. The van der Waals surface area contributed by atoms with Crippen LogP contribution in [0.1, 0.15) is 6.42 Å². The zero-order valence-electron chi connectivity index (χ0n) is 7.53. The largest absolute Gasteiger partial charge is 0.380 e. The van der Waals surface area contributed by atoms with Gasteiger partial charge in [-0.25, -0.2) is 5.10 Å². The average Bonchev–Trinajstić information content (AvgIpc) is 2.71. The molecule has 1 atom stereocenters. The average molecular weight is 183 g/mol. The maximum Gasteiger partial charge on any atom is 0.246 e. The minimum Gasteiger partial charge on any atom is -0.380 e. The van der Waals surface area contributed by atoms with Crippen LogP contribution in [0.4, 0.5) is 11.9 Å². The van der Waals surface area contributed by atoms with Gasteiger partial charge in [0.2, 0.25) is 11.9 Å². The molecule has 0 aliphatic carbocycles. The number of nitrogen functional groups attached to an aromatic ring is 1. The highest BCUT2D eigenvalue weighted by Gasteiger charge is 2.24. The number of methoxy groups -OCH3 is 1. The molecule has 6 heteroatoms. The third-order valence-electron chi connectivity index (χ3n) is 2.25. The molecule has 2 heterocycles. The first kappa shape index (κ1) is 8.31. The lowest BCUT2D eigenvalue weighted by atomic mass is 10.3. The predicted octanol–water partition coefficient (Wildman–Crippen LogP) is -0.388. The van der Waals surface area contributed by atoms with Gasteiger partial charge in [0.15, 0.2) is 0 Å². The number of hydrogen-bond acceptors (Lipinski definition) is 5. The van der Waals surface area contributed by atoms with E-state index in [9.17, 15) is 0 Å². The minimum atomic E-state index is 0.291. The summed E-state index contributed by atoms with van der Waals surface area (Å²) >= 11 is 0. The van der Waals surface area contributed by atoms with Crippen molar-refractivity contribution >= 4 is 11.9 Å². The number of hydrogen-bond donors (Lipinski definition) is 2. The van der Waals surface area contributed by atoms with E-state index in [1.807, 2.05) is 0 Å². The molecule has 6 nitrogen and oxygen atoms in total. The Bertz CT molecular complexity index is 286. The number of aromatic amines is 1. The van der Waals surface area contributed by atoms with Crippen LogP contribution in [0.25, 0.3) is 0 Å². The Labute approximate surface area is 76.1 Å². The second kappa shape index (κ2) is 3.21. The third kappa shape index (κ3) is 1.57. The number of aromatic nitrogens is 3. The quantitative estimate of drug-likeness (QED) is 0.652. The Morgan fingerprint density at radius 2 is 2.54 bits per heavy atom. The maximum atomic E-state index is 5.43. The smallest absolute Gasteiger partial charge is 0.246 e. The van der Waals surface area contributed by atoms with E-state index in [0.717, 1.165) is 19.5 Å². The fourth-order valence-electron chi connectivity index (χ4n) is 1.51. The molecule has 0 spiro atoms. The van der Waals surface area contributed by atoms with Crippen LogP contribution in [0.15, 0.2) is 0 Å². The lowest BCUT2D eigenvalue weighted by Crippen LogP contribution is -2.23. The van der Waals surface area contributed by atoms with Gasteiger partial charge in [0.05, 0.1) is 6.10 Å². The summed E-state index contributed by atoms with van der Waals surface area (Å²) in [5.41, 5.74) is 5.43. The highest BCUT2D eigenvalue weighted by molar-refractivity contribution is 5.35. The second-order valence-corrected chi connectivity index (χ2v) is 3.11. The summed E-state index contributed by atoms with van der Waals surface area (Å²) < 4.78 is 5.23. The Morgan fingerprint density at radius 3 is 3.08 bits per heavy atom. The van der Waals surface area contributed by atoms with E-state index in [4.69, 9.17) is 10.5 Å². The Hall–Kier alpha value is -1.30. The first-order valence-electron chi connectivity index (χ1n) is 4.25. The summed E-state index contributed by atoms with van der Waals surface area (Å²) in [7, 11) is 1.72. The van der Waals surface area contributed by atoms with Crippen LogP contribution in [0.3, 0.4) is 0 Å². The molecule has 13 heavy (non-hydrogen) atoms. The molecule has 2 rings (SSSR count). The summed E-state index contributed by atoms with van der Waals surface area (Å²) in [6.45, 7) is 1.77. The highest BCUT2D eigenvalue weighted by Crippen LogP contribution is 2.17. The topological polar surface area (TPSA) is 80.1 Å². The minimum absolute atomic E-state index is 0.291. The number of ether oxygens (including phenoxy) is 1. The van der Waals surface area contributed by atoms with Crippen molar-refractivity contribution in [2.24, 2.45) is 0 Å². The number of nitrogens with two attached hydrogens (primary N) is 1. The molecule has 0 saturated carbocycles. The molecule has 0 radical (unpaired) electrons. The van der Waals surface area contributed by atoms with Crippen LogP contribution in [-0.2, 0) is 4.74 Å². The second-order valence-electron chi connectivity index (χ2n) is 3.11. The van der Waals surface area contributed by atoms with Gasteiger partial charge in [-0.05, 0) is 6.42 Å². The lowest BCUT2D eigenvalue weighted by molar-refractivity contribution is 0.121. The summed E-state index contributed by atoms with van der Waals surface area (Å²) in [6, 6.07) is 0. The maximum absolute atomic E-state index is 5.43. The highest BCUT2D eigenvalue weighted by atomic mass is 16.5. The van der Waals surface area contributed by atoms with E-state index in [2.05, 4.69) is 20.1 Å². The van der Waals surface area contributed by atoms with Gasteiger partial charge in [0.25, 0.3) is 0 Å². The Balaban J connectivity index is 2.03. The normalized spacial score (nSPS) is 22.5. The Kier molecular flexibility index (Phi) is 2.05. The van der Waals surface area contributed by atoms with E-state index < -0.39 is 0 Å². The zero-order valence-corrected chi connectivity index (χ0v) is 7.53. The van der Waals surface area contributed by atoms with Crippen molar-refractivity contribution in [3.8, 4) is 0 Å². The van der Waals surface area contributed by atoms with Crippen molar-refractivity contribution in [1.29, 1.82) is 0 Å². The molecule has 72 valence electrons. The first-order chi connectivity index (χ1) is 6.29. The van der Waals surface area contributed by atoms with Gasteiger partial charge in [0, 0.05) is 20.2 Å². The molecule has 0 amide bonds. The lowest BCUT2D eigenvalue weighted by Gasteiger charge is -2.12. The molecule has 1 aromatic rings. The van der Waals surface area contributed by atoms with E-state index in [1.54, 1.807) is 7.11 Å². The Morgan fingerprint density at radius 1 is 1.69 bits per heavy atom. The monoisotopic (exact) mass is 183 g/mol. The molecule has 1 saturated heterocycles. The van der Waals surface area contributed by atoms with Gasteiger partial charge in [-0.15, -0.1) is 5.10 Å². The molecule has 1 unspecified atom stereocenters. The summed E-state index contributed by atoms with van der Waals surface area (Å²) in [5.74, 6) is 1.02.